The first-order valence-corrected chi connectivity index (χ1v) is 12.7. The molecule has 4 rings (SSSR count). The normalized spacial score (nSPS) is 11.0. The number of nitrogens with zero attached hydrogens (tertiary/aromatic N) is 1. The molecule has 0 saturated carbocycles. The van der Waals surface area contributed by atoms with Gasteiger partial charge in [0.25, 0.3) is 21.8 Å². The van der Waals surface area contributed by atoms with Gasteiger partial charge in [-0.3, -0.25) is 13.9 Å². The number of hydrogen-bond acceptors (Lipinski definition) is 6. The number of amides is 2. The smallest absolute Gasteiger partial charge is 0.264 e. The molecule has 0 bridgehead atoms. The SMILES string of the molecule is COc1ccc(S(=O)(=O)N(C)c2ccc(C(=O)Nc3ccccc3C(=O)NCc3ccco3)cc2)cc1. The van der Waals surface area contributed by atoms with E-state index in [-0.39, 0.29) is 17.3 Å². The molecule has 0 atom stereocenters. The van der Waals surface area contributed by atoms with Gasteiger partial charge >= 0.3 is 0 Å². The molecule has 0 aliphatic heterocycles. The molecule has 0 radical (unpaired) electrons. The third-order valence-corrected chi connectivity index (χ3v) is 7.43. The van der Waals surface area contributed by atoms with Gasteiger partial charge in [-0.15, -0.1) is 0 Å². The van der Waals surface area contributed by atoms with E-state index in [2.05, 4.69) is 10.6 Å². The van der Waals surface area contributed by atoms with Gasteiger partial charge in [0.1, 0.15) is 11.5 Å². The van der Waals surface area contributed by atoms with E-state index in [1.807, 2.05) is 0 Å². The Morgan fingerprint density at radius 3 is 2.24 bits per heavy atom. The second kappa shape index (κ2) is 11.0. The molecular formula is C27H25N3O6S. The molecule has 0 saturated heterocycles. The lowest BCUT2D eigenvalue weighted by atomic mass is 10.1. The third-order valence-electron chi connectivity index (χ3n) is 5.63. The molecule has 0 unspecified atom stereocenters. The Morgan fingerprint density at radius 1 is 0.892 bits per heavy atom. The Morgan fingerprint density at radius 2 is 1.59 bits per heavy atom. The standard InChI is InChI=1S/C27H25N3O6S/c1-30(37(33,34)23-15-13-21(35-2)14-16-23)20-11-9-19(10-12-20)26(31)29-25-8-4-3-7-24(25)27(32)28-18-22-6-5-17-36-22/h3-17H,18H2,1-2H3,(H,28,32)(H,29,31). The molecule has 2 N–H and O–H groups in total. The van der Waals surface area contributed by atoms with Crippen LogP contribution in [0.3, 0.4) is 0 Å². The van der Waals surface area contributed by atoms with Crippen molar-refractivity contribution < 1.29 is 27.2 Å². The molecule has 190 valence electrons. The maximum absolute atomic E-state index is 13.0. The van der Waals surface area contributed by atoms with E-state index in [4.69, 9.17) is 9.15 Å². The zero-order valence-corrected chi connectivity index (χ0v) is 21.0. The van der Waals surface area contributed by atoms with Crippen LogP contribution in [0.2, 0.25) is 0 Å². The Balaban J connectivity index is 1.45. The highest BCUT2D eigenvalue weighted by atomic mass is 32.2. The summed E-state index contributed by atoms with van der Waals surface area (Å²) in [4.78, 5) is 25.7. The zero-order valence-electron chi connectivity index (χ0n) is 20.2. The molecule has 1 heterocycles. The minimum Gasteiger partial charge on any atom is -0.497 e. The van der Waals surface area contributed by atoms with Crippen LogP contribution in [-0.2, 0) is 16.6 Å². The number of sulfonamides is 1. The molecule has 2 amide bonds. The van der Waals surface area contributed by atoms with Crippen molar-refractivity contribution in [3.63, 3.8) is 0 Å². The van der Waals surface area contributed by atoms with Gasteiger partial charge in [-0.2, -0.15) is 0 Å². The van der Waals surface area contributed by atoms with Crippen LogP contribution in [0.1, 0.15) is 26.5 Å². The maximum Gasteiger partial charge on any atom is 0.264 e. The number of benzene rings is 3. The molecule has 0 aliphatic rings. The maximum atomic E-state index is 13.0. The van der Waals surface area contributed by atoms with Crippen LogP contribution in [0, 0.1) is 0 Å². The Labute approximate surface area is 214 Å². The van der Waals surface area contributed by atoms with Gasteiger partial charge in [0, 0.05) is 12.6 Å². The summed E-state index contributed by atoms with van der Waals surface area (Å²) in [6.45, 7) is 0.211. The predicted octanol–water partition coefficient (Wildman–Crippen LogP) is 4.30. The number of rotatable bonds is 9. The number of anilines is 2. The highest BCUT2D eigenvalue weighted by molar-refractivity contribution is 7.92. The highest BCUT2D eigenvalue weighted by Crippen LogP contribution is 2.24. The Kier molecular flexibility index (Phi) is 7.59. The van der Waals surface area contributed by atoms with Crippen molar-refractivity contribution in [1.82, 2.24) is 5.32 Å². The average molecular weight is 520 g/mol. The lowest BCUT2D eigenvalue weighted by Gasteiger charge is -2.20. The van der Waals surface area contributed by atoms with Crippen LogP contribution in [0.5, 0.6) is 5.75 Å². The predicted molar refractivity (Wildman–Crippen MR) is 139 cm³/mol. The summed E-state index contributed by atoms with van der Waals surface area (Å²) in [6.07, 6.45) is 1.52. The van der Waals surface area contributed by atoms with Crippen LogP contribution < -0.4 is 19.7 Å². The van der Waals surface area contributed by atoms with Crippen molar-refractivity contribution in [1.29, 1.82) is 0 Å². The van der Waals surface area contributed by atoms with Gasteiger partial charge in [-0.25, -0.2) is 8.42 Å². The van der Waals surface area contributed by atoms with E-state index in [1.165, 1.54) is 56.8 Å². The molecule has 9 nitrogen and oxygen atoms in total. The van der Waals surface area contributed by atoms with Crippen LogP contribution in [0.15, 0.2) is 101 Å². The minimum absolute atomic E-state index is 0.111. The molecular weight excluding hydrogens is 494 g/mol. The van der Waals surface area contributed by atoms with Gasteiger partial charge in [0.15, 0.2) is 0 Å². The van der Waals surface area contributed by atoms with Gasteiger partial charge in [-0.1, -0.05) is 12.1 Å². The van der Waals surface area contributed by atoms with Gasteiger partial charge in [0.2, 0.25) is 0 Å². The van der Waals surface area contributed by atoms with Crippen molar-refractivity contribution in [3.8, 4) is 5.75 Å². The summed E-state index contributed by atoms with van der Waals surface area (Å²) in [5.74, 6) is 0.342. The summed E-state index contributed by atoms with van der Waals surface area (Å²) in [7, 11) is -0.870. The van der Waals surface area contributed by atoms with Crippen LogP contribution >= 0.6 is 0 Å². The molecule has 0 spiro atoms. The van der Waals surface area contributed by atoms with E-state index in [1.54, 1.807) is 48.5 Å². The highest BCUT2D eigenvalue weighted by Gasteiger charge is 2.22. The van der Waals surface area contributed by atoms with Gasteiger partial charge in [-0.05, 0) is 72.8 Å². The molecule has 0 aliphatic carbocycles. The first-order valence-electron chi connectivity index (χ1n) is 11.2. The first kappa shape index (κ1) is 25.5. The molecule has 3 aromatic carbocycles. The fraction of sp³-hybridized carbons (Fsp3) is 0.111. The van der Waals surface area contributed by atoms with Crippen LogP contribution in [-0.4, -0.2) is 34.4 Å². The lowest BCUT2D eigenvalue weighted by molar-refractivity contribution is 0.0949. The fourth-order valence-electron chi connectivity index (χ4n) is 3.53. The van der Waals surface area contributed by atoms with Crippen LogP contribution in [0.25, 0.3) is 0 Å². The summed E-state index contributed by atoms with van der Waals surface area (Å²) in [5.41, 5.74) is 1.31. The number of hydrogen-bond donors (Lipinski definition) is 2. The summed E-state index contributed by atoms with van der Waals surface area (Å²) >= 11 is 0. The minimum atomic E-state index is -3.81. The van der Waals surface area contributed by atoms with E-state index in [9.17, 15) is 18.0 Å². The molecule has 1 aromatic heterocycles. The number of ether oxygens (including phenoxy) is 1. The summed E-state index contributed by atoms with van der Waals surface area (Å²) < 4.78 is 37.4. The van der Waals surface area contributed by atoms with E-state index in [0.717, 1.165) is 4.31 Å². The van der Waals surface area contributed by atoms with Crippen molar-refractivity contribution in [3.05, 3.63) is 108 Å². The van der Waals surface area contributed by atoms with Crippen LogP contribution in [0.4, 0.5) is 11.4 Å². The van der Waals surface area contributed by atoms with Crippen molar-refractivity contribution in [2.24, 2.45) is 0 Å². The monoisotopic (exact) mass is 519 g/mol. The number of para-hydroxylation sites is 1. The summed E-state index contributed by atoms with van der Waals surface area (Å²) in [5, 5.41) is 5.50. The van der Waals surface area contributed by atoms with Crippen molar-refractivity contribution in [2.75, 3.05) is 23.8 Å². The summed E-state index contributed by atoms with van der Waals surface area (Å²) in [6, 6.07) is 22.3. The topological polar surface area (TPSA) is 118 Å². The molecule has 37 heavy (non-hydrogen) atoms. The lowest BCUT2D eigenvalue weighted by Crippen LogP contribution is -2.26. The van der Waals surface area contributed by atoms with Crippen molar-refractivity contribution >= 4 is 33.2 Å². The number of carbonyl (C=O) groups is 2. The number of carbonyl (C=O) groups excluding carboxylic acids is 2. The Hall–Kier alpha value is -4.57. The largest absolute Gasteiger partial charge is 0.497 e. The quantitative estimate of drug-likeness (QED) is 0.341. The molecule has 10 heteroatoms. The van der Waals surface area contributed by atoms with Crippen molar-refractivity contribution in [2.45, 2.75) is 11.4 Å². The number of nitrogens with one attached hydrogen (secondary N) is 2. The first-order chi connectivity index (χ1) is 17.8. The molecule has 4 aromatic rings. The fourth-order valence-corrected chi connectivity index (χ4v) is 4.72. The van der Waals surface area contributed by atoms with E-state index < -0.39 is 15.9 Å². The molecule has 0 fully saturated rings. The average Bonchev–Trinajstić information content (AvgIpc) is 3.45. The second-order valence-corrected chi connectivity index (χ2v) is 9.93. The Bertz CT molecular complexity index is 1480. The number of methoxy groups -OCH3 is 1. The van der Waals surface area contributed by atoms with Gasteiger partial charge in [0.05, 0.1) is 41.8 Å². The zero-order chi connectivity index (χ0) is 26.4. The second-order valence-electron chi connectivity index (χ2n) is 7.96. The van der Waals surface area contributed by atoms with Gasteiger partial charge < -0.3 is 19.8 Å². The van der Waals surface area contributed by atoms with E-state index >= 15 is 0 Å². The number of furan rings is 1. The van der Waals surface area contributed by atoms with E-state index in [0.29, 0.717) is 34.0 Å². The third kappa shape index (κ3) is 5.81.